The summed E-state index contributed by atoms with van der Waals surface area (Å²) < 4.78 is 55.1. The highest BCUT2D eigenvalue weighted by molar-refractivity contribution is 5.95. The number of alkyl halides is 3. The van der Waals surface area contributed by atoms with Crippen molar-refractivity contribution < 1.29 is 32.0 Å². The normalized spacial score (nSPS) is 12.3. The molecule has 32 heavy (non-hydrogen) atoms. The van der Waals surface area contributed by atoms with Gasteiger partial charge in [0.2, 0.25) is 0 Å². The van der Waals surface area contributed by atoms with Gasteiger partial charge in [0.15, 0.2) is 11.5 Å². The molecular formula is C23H23F3N2O4. The van der Waals surface area contributed by atoms with Gasteiger partial charge in [-0.3, -0.25) is 4.79 Å². The quantitative estimate of drug-likeness (QED) is 0.525. The molecule has 0 saturated carbocycles. The molecule has 2 aromatic carbocycles. The minimum atomic E-state index is -4.45. The van der Waals surface area contributed by atoms with Crippen LogP contribution in [0, 0.1) is 13.8 Å². The van der Waals surface area contributed by atoms with E-state index in [4.69, 9.17) is 14.0 Å². The van der Waals surface area contributed by atoms with Crippen LogP contribution in [0.3, 0.4) is 0 Å². The minimum Gasteiger partial charge on any atom is -0.493 e. The first kappa shape index (κ1) is 23.2. The zero-order valence-electron chi connectivity index (χ0n) is 18.0. The monoisotopic (exact) mass is 448 g/mol. The lowest BCUT2D eigenvalue weighted by Crippen LogP contribution is -2.26. The van der Waals surface area contributed by atoms with Crippen molar-refractivity contribution in [3.63, 3.8) is 0 Å². The van der Waals surface area contributed by atoms with E-state index >= 15 is 0 Å². The fourth-order valence-corrected chi connectivity index (χ4v) is 3.13. The van der Waals surface area contributed by atoms with E-state index < -0.39 is 23.7 Å². The maximum atomic E-state index is 13.0. The van der Waals surface area contributed by atoms with Crippen LogP contribution in [-0.4, -0.2) is 18.2 Å². The van der Waals surface area contributed by atoms with Gasteiger partial charge in [0.1, 0.15) is 12.4 Å². The second kappa shape index (κ2) is 9.33. The third kappa shape index (κ3) is 5.22. The summed E-state index contributed by atoms with van der Waals surface area (Å²) in [4.78, 5) is 12.7. The summed E-state index contributed by atoms with van der Waals surface area (Å²) in [6, 6.07) is 8.89. The highest BCUT2D eigenvalue weighted by atomic mass is 19.4. The number of carbonyl (C=O) groups excluding carboxylic acids is 1. The largest absolute Gasteiger partial charge is 0.493 e. The molecule has 1 heterocycles. The molecule has 1 atom stereocenters. The number of methoxy groups -OCH3 is 1. The number of hydrogen-bond donors (Lipinski definition) is 1. The molecule has 0 unspecified atom stereocenters. The van der Waals surface area contributed by atoms with Gasteiger partial charge < -0.3 is 19.3 Å². The maximum absolute atomic E-state index is 13.0. The van der Waals surface area contributed by atoms with E-state index in [0.29, 0.717) is 22.8 Å². The van der Waals surface area contributed by atoms with Crippen molar-refractivity contribution in [2.24, 2.45) is 0 Å². The molecule has 170 valence electrons. The molecule has 0 fully saturated rings. The third-order valence-electron chi connectivity index (χ3n) is 5.04. The van der Waals surface area contributed by atoms with Crippen LogP contribution in [0.4, 0.5) is 13.2 Å². The minimum absolute atomic E-state index is 0.218. The lowest BCUT2D eigenvalue weighted by atomic mass is 10.0. The number of aryl methyl sites for hydroxylation is 2. The fraction of sp³-hybridized carbons (Fsp3) is 0.304. The van der Waals surface area contributed by atoms with Crippen molar-refractivity contribution in [3.8, 4) is 11.5 Å². The van der Waals surface area contributed by atoms with Crippen molar-refractivity contribution in [2.45, 2.75) is 39.6 Å². The Labute approximate surface area is 183 Å². The van der Waals surface area contributed by atoms with Crippen LogP contribution in [0.25, 0.3) is 0 Å². The Morgan fingerprint density at radius 1 is 1.16 bits per heavy atom. The summed E-state index contributed by atoms with van der Waals surface area (Å²) in [6.07, 6.45) is -4.45. The molecule has 3 rings (SSSR count). The molecule has 1 N–H and O–H groups in total. The number of carbonyl (C=O) groups is 1. The SMILES string of the molecule is COc1cc(C(=O)N[C@H](C)c2cccc(C(F)(F)F)c2)ccc1OCc1c(C)noc1C. The number of rotatable bonds is 7. The van der Waals surface area contributed by atoms with E-state index in [1.165, 1.54) is 25.3 Å². The Balaban J connectivity index is 1.72. The summed E-state index contributed by atoms with van der Waals surface area (Å²) in [5.74, 6) is 0.970. The number of benzene rings is 2. The van der Waals surface area contributed by atoms with Gasteiger partial charge in [0, 0.05) is 5.56 Å². The van der Waals surface area contributed by atoms with E-state index in [1.807, 2.05) is 6.92 Å². The predicted octanol–water partition coefficient (Wildman–Crippen LogP) is 5.39. The molecule has 0 aliphatic heterocycles. The van der Waals surface area contributed by atoms with E-state index in [0.717, 1.165) is 23.4 Å². The standard InChI is InChI=1S/C23H23F3N2O4/c1-13(16-6-5-7-18(10-16)23(24,25)26)27-22(29)17-8-9-20(21(11-17)30-4)31-12-19-14(2)28-32-15(19)3/h5-11,13H,12H2,1-4H3,(H,27,29)/t13-/m1/s1. The number of aromatic nitrogens is 1. The Bertz CT molecular complexity index is 1090. The zero-order chi connectivity index (χ0) is 23.5. The predicted molar refractivity (Wildman–Crippen MR) is 111 cm³/mol. The second-order valence-electron chi connectivity index (χ2n) is 7.28. The van der Waals surface area contributed by atoms with E-state index in [9.17, 15) is 18.0 Å². The highest BCUT2D eigenvalue weighted by Crippen LogP contribution is 2.32. The van der Waals surface area contributed by atoms with Crippen LogP contribution in [0.2, 0.25) is 0 Å². The topological polar surface area (TPSA) is 73.6 Å². The molecule has 0 aliphatic rings. The van der Waals surface area contributed by atoms with Gasteiger partial charge in [-0.1, -0.05) is 17.3 Å². The number of nitrogens with one attached hydrogen (secondary N) is 1. The van der Waals surface area contributed by atoms with Crippen LogP contribution in [-0.2, 0) is 12.8 Å². The summed E-state index contributed by atoms with van der Waals surface area (Å²) in [5.41, 5.74) is 1.41. The van der Waals surface area contributed by atoms with Crippen molar-refractivity contribution in [2.75, 3.05) is 7.11 Å². The van der Waals surface area contributed by atoms with Gasteiger partial charge in [0.05, 0.1) is 30.0 Å². The molecule has 0 spiro atoms. The van der Waals surface area contributed by atoms with Gasteiger partial charge in [-0.2, -0.15) is 13.2 Å². The van der Waals surface area contributed by atoms with Gasteiger partial charge >= 0.3 is 6.18 Å². The fourth-order valence-electron chi connectivity index (χ4n) is 3.13. The Morgan fingerprint density at radius 2 is 1.91 bits per heavy atom. The molecule has 9 heteroatoms. The van der Waals surface area contributed by atoms with Crippen LogP contribution < -0.4 is 14.8 Å². The number of ether oxygens (including phenoxy) is 2. The van der Waals surface area contributed by atoms with Crippen molar-refractivity contribution in [1.29, 1.82) is 0 Å². The van der Waals surface area contributed by atoms with Crippen LogP contribution in [0.1, 0.15) is 51.5 Å². The van der Waals surface area contributed by atoms with Gasteiger partial charge in [-0.15, -0.1) is 0 Å². The Hall–Kier alpha value is -3.49. The molecule has 3 aromatic rings. The lowest BCUT2D eigenvalue weighted by molar-refractivity contribution is -0.137. The average Bonchev–Trinajstić information content (AvgIpc) is 3.08. The van der Waals surface area contributed by atoms with Crippen LogP contribution in [0.15, 0.2) is 47.0 Å². The van der Waals surface area contributed by atoms with Crippen molar-refractivity contribution >= 4 is 5.91 Å². The molecule has 1 amide bonds. The number of hydrogen-bond acceptors (Lipinski definition) is 5. The van der Waals surface area contributed by atoms with E-state index in [1.54, 1.807) is 26.0 Å². The summed E-state index contributed by atoms with van der Waals surface area (Å²) >= 11 is 0. The van der Waals surface area contributed by atoms with E-state index in [-0.39, 0.29) is 12.2 Å². The first-order chi connectivity index (χ1) is 15.1. The van der Waals surface area contributed by atoms with Crippen LogP contribution >= 0.6 is 0 Å². The summed E-state index contributed by atoms with van der Waals surface area (Å²) in [7, 11) is 1.45. The third-order valence-corrected chi connectivity index (χ3v) is 5.04. The Morgan fingerprint density at radius 3 is 2.53 bits per heavy atom. The van der Waals surface area contributed by atoms with Gasteiger partial charge in [-0.05, 0) is 56.7 Å². The number of nitrogens with zero attached hydrogens (tertiary/aromatic N) is 1. The van der Waals surface area contributed by atoms with Crippen LogP contribution in [0.5, 0.6) is 11.5 Å². The molecule has 0 saturated heterocycles. The summed E-state index contributed by atoms with van der Waals surface area (Å²) in [5, 5.41) is 6.59. The average molecular weight is 448 g/mol. The van der Waals surface area contributed by atoms with Gasteiger partial charge in [0.25, 0.3) is 5.91 Å². The number of amides is 1. The second-order valence-corrected chi connectivity index (χ2v) is 7.28. The van der Waals surface area contributed by atoms with E-state index in [2.05, 4.69) is 10.5 Å². The maximum Gasteiger partial charge on any atom is 0.416 e. The first-order valence-electron chi connectivity index (χ1n) is 9.80. The molecule has 6 nitrogen and oxygen atoms in total. The Kier molecular flexibility index (Phi) is 6.76. The molecule has 0 bridgehead atoms. The number of halogens is 3. The molecule has 1 aromatic heterocycles. The van der Waals surface area contributed by atoms with Crippen molar-refractivity contribution in [1.82, 2.24) is 10.5 Å². The summed E-state index contributed by atoms with van der Waals surface area (Å²) in [6.45, 7) is 5.43. The molecule has 0 aliphatic carbocycles. The molecular weight excluding hydrogens is 425 g/mol. The lowest BCUT2D eigenvalue weighted by Gasteiger charge is -2.17. The smallest absolute Gasteiger partial charge is 0.416 e. The molecule has 0 radical (unpaired) electrons. The highest BCUT2D eigenvalue weighted by Gasteiger charge is 2.30. The first-order valence-corrected chi connectivity index (χ1v) is 9.80. The van der Waals surface area contributed by atoms with Gasteiger partial charge in [-0.25, -0.2) is 0 Å². The van der Waals surface area contributed by atoms with Crippen molar-refractivity contribution in [3.05, 3.63) is 76.2 Å². The zero-order valence-corrected chi connectivity index (χ0v) is 18.0.